The largest absolute Gasteiger partial charge is 0.444 e. The van der Waals surface area contributed by atoms with Gasteiger partial charge in [0.05, 0.1) is 6.04 Å². The monoisotopic (exact) mass is 367 g/mol. The summed E-state index contributed by atoms with van der Waals surface area (Å²) in [4.78, 5) is 21.4. The molecule has 1 aromatic carbocycles. The summed E-state index contributed by atoms with van der Waals surface area (Å²) in [7, 11) is 2.02. The highest BCUT2D eigenvalue weighted by Gasteiger charge is 2.33. The highest BCUT2D eigenvalue weighted by molar-refractivity contribution is 5.70. The van der Waals surface area contributed by atoms with E-state index in [4.69, 9.17) is 4.74 Å². The summed E-state index contributed by atoms with van der Waals surface area (Å²) >= 11 is 0. The van der Waals surface area contributed by atoms with E-state index in [-0.39, 0.29) is 12.1 Å². The molecule has 0 bridgehead atoms. The lowest BCUT2D eigenvalue weighted by molar-refractivity contribution is 0.00955. The van der Waals surface area contributed by atoms with Crippen molar-refractivity contribution in [2.24, 2.45) is 0 Å². The topological polar surface area (TPSA) is 45.7 Å². The summed E-state index contributed by atoms with van der Waals surface area (Å²) in [5.41, 5.74) is 1.63. The SMILES string of the molecule is CN(c1ccccc1)c1ncccc1[C@H]1CCCCN1C(=O)OC(C)(C)C. The normalized spacial score (nSPS) is 17.5. The van der Waals surface area contributed by atoms with Crippen LogP contribution in [-0.4, -0.2) is 35.2 Å². The number of aromatic nitrogens is 1. The summed E-state index contributed by atoms with van der Waals surface area (Å²) in [5, 5.41) is 0. The first-order valence-corrected chi connectivity index (χ1v) is 9.60. The quantitative estimate of drug-likeness (QED) is 0.737. The summed E-state index contributed by atoms with van der Waals surface area (Å²) in [6, 6.07) is 14.2. The predicted molar refractivity (Wildman–Crippen MR) is 108 cm³/mol. The molecule has 3 rings (SSSR count). The van der Waals surface area contributed by atoms with Gasteiger partial charge in [0.1, 0.15) is 11.4 Å². The van der Waals surface area contributed by atoms with Crippen molar-refractivity contribution in [2.75, 3.05) is 18.5 Å². The van der Waals surface area contributed by atoms with E-state index in [0.29, 0.717) is 6.54 Å². The van der Waals surface area contributed by atoms with E-state index in [2.05, 4.69) is 28.1 Å². The fourth-order valence-corrected chi connectivity index (χ4v) is 3.52. The van der Waals surface area contributed by atoms with Gasteiger partial charge in [0.15, 0.2) is 0 Å². The van der Waals surface area contributed by atoms with Gasteiger partial charge in [-0.15, -0.1) is 0 Å². The molecular weight excluding hydrogens is 338 g/mol. The zero-order valence-electron chi connectivity index (χ0n) is 16.7. The fourth-order valence-electron chi connectivity index (χ4n) is 3.52. The van der Waals surface area contributed by atoms with Gasteiger partial charge in [-0.05, 0) is 58.2 Å². The zero-order chi connectivity index (χ0) is 19.4. The second-order valence-corrected chi connectivity index (χ2v) is 8.00. The number of likely N-dealkylation sites (tertiary alicyclic amines) is 1. The van der Waals surface area contributed by atoms with Crippen LogP contribution < -0.4 is 4.90 Å². The maximum Gasteiger partial charge on any atom is 0.410 e. The van der Waals surface area contributed by atoms with Gasteiger partial charge in [0, 0.05) is 31.0 Å². The number of anilines is 2. The molecule has 1 aliphatic heterocycles. The smallest absolute Gasteiger partial charge is 0.410 e. The molecule has 0 unspecified atom stereocenters. The number of rotatable bonds is 3. The lowest BCUT2D eigenvalue weighted by Gasteiger charge is -2.38. The molecule has 5 heteroatoms. The number of amides is 1. The molecule has 2 heterocycles. The van der Waals surface area contributed by atoms with E-state index < -0.39 is 5.60 Å². The van der Waals surface area contributed by atoms with Crippen LogP contribution in [0.25, 0.3) is 0 Å². The van der Waals surface area contributed by atoms with Gasteiger partial charge >= 0.3 is 6.09 Å². The summed E-state index contributed by atoms with van der Waals surface area (Å²) < 4.78 is 5.67. The molecule has 27 heavy (non-hydrogen) atoms. The van der Waals surface area contributed by atoms with Crippen molar-refractivity contribution in [1.29, 1.82) is 0 Å². The first-order chi connectivity index (χ1) is 12.9. The van der Waals surface area contributed by atoms with Crippen LogP contribution in [0.4, 0.5) is 16.3 Å². The summed E-state index contributed by atoms with van der Waals surface area (Å²) in [6.07, 6.45) is 4.57. The van der Waals surface area contributed by atoms with Crippen molar-refractivity contribution in [2.45, 2.75) is 51.7 Å². The van der Waals surface area contributed by atoms with E-state index in [9.17, 15) is 4.79 Å². The number of carbonyl (C=O) groups excluding carboxylic acids is 1. The number of benzene rings is 1. The van der Waals surface area contributed by atoms with Crippen LogP contribution >= 0.6 is 0 Å². The predicted octanol–water partition coefficient (Wildman–Crippen LogP) is 5.31. The third kappa shape index (κ3) is 4.59. The molecule has 1 amide bonds. The Kier molecular flexibility index (Phi) is 5.68. The van der Waals surface area contributed by atoms with Crippen LogP contribution in [0.3, 0.4) is 0 Å². The molecule has 1 aliphatic rings. The van der Waals surface area contributed by atoms with Crippen molar-refractivity contribution < 1.29 is 9.53 Å². The third-order valence-corrected chi connectivity index (χ3v) is 4.77. The molecule has 5 nitrogen and oxygen atoms in total. The molecule has 144 valence electrons. The number of ether oxygens (including phenoxy) is 1. The van der Waals surface area contributed by atoms with Gasteiger partial charge in [0.25, 0.3) is 0 Å². The molecule has 0 saturated carbocycles. The Balaban J connectivity index is 1.93. The van der Waals surface area contributed by atoms with E-state index in [1.165, 1.54) is 0 Å². The van der Waals surface area contributed by atoms with Crippen LogP contribution in [0, 0.1) is 0 Å². The molecule has 0 N–H and O–H groups in total. The van der Waals surface area contributed by atoms with Gasteiger partial charge in [-0.2, -0.15) is 0 Å². The number of nitrogens with zero attached hydrogens (tertiary/aromatic N) is 3. The standard InChI is InChI=1S/C22H29N3O2/c1-22(2,3)27-21(26)25-16-9-8-14-19(25)18-13-10-15-23-20(18)24(4)17-11-6-5-7-12-17/h5-7,10-13,15,19H,8-9,14,16H2,1-4H3/t19-/m1/s1. The Morgan fingerprint density at radius 2 is 1.89 bits per heavy atom. The number of carbonyl (C=O) groups is 1. The first kappa shape index (κ1) is 19.2. The minimum absolute atomic E-state index is 0.0246. The van der Waals surface area contributed by atoms with Crippen LogP contribution in [0.5, 0.6) is 0 Å². The van der Waals surface area contributed by atoms with E-state index >= 15 is 0 Å². The van der Waals surface area contributed by atoms with Crippen LogP contribution in [0.1, 0.15) is 51.6 Å². The van der Waals surface area contributed by atoms with Gasteiger partial charge in [-0.3, -0.25) is 0 Å². The average molecular weight is 367 g/mol. The van der Waals surface area contributed by atoms with E-state index in [1.54, 1.807) is 6.20 Å². The lowest BCUT2D eigenvalue weighted by atomic mass is 9.95. The molecule has 0 radical (unpaired) electrons. The Morgan fingerprint density at radius 1 is 1.15 bits per heavy atom. The number of para-hydroxylation sites is 1. The Hall–Kier alpha value is -2.56. The molecule has 1 aromatic heterocycles. The molecule has 2 aromatic rings. The average Bonchev–Trinajstić information content (AvgIpc) is 2.67. The second-order valence-electron chi connectivity index (χ2n) is 8.00. The molecule has 0 spiro atoms. The van der Waals surface area contributed by atoms with Crippen molar-refractivity contribution in [3.05, 3.63) is 54.2 Å². The molecule has 1 fully saturated rings. The van der Waals surface area contributed by atoms with E-state index in [0.717, 1.165) is 36.3 Å². The fraction of sp³-hybridized carbons (Fsp3) is 0.455. The first-order valence-electron chi connectivity index (χ1n) is 9.60. The number of piperidine rings is 1. The Morgan fingerprint density at radius 3 is 2.59 bits per heavy atom. The third-order valence-electron chi connectivity index (χ3n) is 4.77. The van der Waals surface area contributed by atoms with Crippen LogP contribution in [0.2, 0.25) is 0 Å². The lowest BCUT2D eigenvalue weighted by Crippen LogP contribution is -2.42. The number of hydrogen-bond acceptors (Lipinski definition) is 4. The maximum absolute atomic E-state index is 12.8. The van der Waals surface area contributed by atoms with Crippen LogP contribution in [0.15, 0.2) is 48.7 Å². The molecule has 0 aliphatic carbocycles. The maximum atomic E-state index is 12.8. The van der Waals surface area contributed by atoms with Crippen LogP contribution in [-0.2, 0) is 4.74 Å². The van der Waals surface area contributed by atoms with Crippen molar-refractivity contribution in [1.82, 2.24) is 9.88 Å². The van der Waals surface area contributed by atoms with Gasteiger partial charge in [-0.25, -0.2) is 9.78 Å². The second kappa shape index (κ2) is 7.99. The van der Waals surface area contributed by atoms with Crippen molar-refractivity contribution in [3.8, 4) is 0 Å². The van der Waals surface area contributed by atoms with Gasteiger partial charge in [-0.1, -0.05) is 24.3 Å². The number of pyridine rings is 1. The Labute approximate surface area is 162 Å². The molecule has 1 atom stereocenters. The van der Waals surface area contributed by atoms with E-state index in [1.807, 2.05) is 57.0 Å². The highest BCUT2D eigenvalue weighted by Crippen LogP contribution is 2.37. The van der Waals surface area contributed by atoms with Gasteiger partial charge < -0.3 is 14.5 Å². The number of hydrogen-bond donors (Lipinski definition) is 0. The molecular formula is C22H29N3O2. The van der Waals surface area contributed by atoms with Gasteiger partial charge in [0.2, 0.25) is 0 Å². The minimum Gasteiger partial charge on any atom is -0.444 e. The molecule has 1 saturated heterocycles. The summed E-state index contributed by atoms with van der Waals surface area (Å²) in [6.45, 7) is 6.43. The van der Waals surface area contributed by atoms with Crippen molar-refractivity contribution in [3.63, 3.8) is 0 Å². The summed E-state index contributed by atoms with van der Waals surface area (Å²) in [5.74, 6) is 0.879. The van der Waals surface area contributed by atoms with Crippen molar-refractivity contribution >= 4 is 17.6 Å². The Bertz CT molecular complexity index is 771. The zero-order valence-corrected chi connectivity index (χ0v) is 16.7. The minimum atomic E-state index is -0.502. The highest BCUT2D eigenvalue weighted by atomic mass is 16.6.